The summed E-state index contributed by atoms with van der Waals surface area (Å²) in [5.74, 6) is 0.563. The molecule has 1 aliphatic rings. The van der Waals surface area contributed by atoms with Gasteiger partial charge in [-0.05, 0) is 19.9 Å². The summed E-state index contributed by atoms with van der Waals surface area (Å²) in [6.45, 7) is 11.1. The molecule has 20 heavy (non-hydrogen) atoms. The summed E-state index contributed by atoms with van der Waals surface area (Å²) in [5, 5.41) is 3.33. The summed E-state index contributed by atoms with van der Waals surface area (Å²) >= 11 is 0. The second-order valence-electron chi connectivity index (χ2n) is 6.19. The van der Waals surface area contributed by atoms with Gasteiger partial charge >= 0.3 is 0 Å². The molecule has 0 radical (unpaired) electrons. The fraction of sp³-hybridized carbons (Fsp3) is 0.667. The second kappa shape index (κ2) is 6.06. The fourth-order valence-corrected chi connectivity index (χ4v) is 2.41. The molecule has 1 saturated heterocycles. The average molecular weight is 281 g/mol. The van der Waals surface area contributed by atoms with Gasteiger partial charge in [0.25, 0.3) is 0 Å². The molecule has 1 aromatic rings. The van der Waals surface area contributed by atoms with Crippen LogP contribution < -0.4 is 10.2 Å². The fourth-order valence-electron chi connectivity index (χ4n) is 2.41. The molecule has 1 aliphatic heterocycles. The maximum atomic E-state index is 13.5. The number of pyridine rings is 1. The predicted molar refractivity (Wildman–Crippen MR) is 78.4 cm³/mol. The Morgan fingerprint density at radius 1 is 1.50 bits per heavy atom. The van der Waals surface area contributed by atoms with Crippen LogP contribution in [0.5, 0.6) is 0 Å². The zero-order valence-electron chi connectivity index (χ0n) is 12.7. The Hall–Kier alpha value is -1.20. The summed E-state index contributed by atoms with van der Waals surface area (Å²) in [6.07, 6.45) is 1.29. The number of hydrogen-bond donors (Lipinski definition) is 1. The van der Waals surface area contributed by atoms with Crippen molar-refractivity contribution in [3.05, 3.63) is 23.6 Å². The molecular formula is C15H24FN3O. The van der Waals surface area contributed by atoms with Crippen molar-refractivity contribution < 1.29 is 9.13 Å². The molecule has 0 unspecified atom stereocenters. The number of nitrogens with one attached hydrogen (secondary N) is 1. The minimum atomic E-state index is -0.291. The molecule has 0 aliphatic carbocycles. The predicted octanol–water partition coefficient (Wildman–Crippen LogP) is 2.33. The lowest BCUT2D eigenvalue weighted by Crippen LogP contribution is -2.54. The Bertz CT molecular complexity index is 462. The van der Waals surface area contributed by atoms with Gasteiger partial charge in [-0.15, -0.1) is 0 Å². The lowest BCUT2D eigenvalue weighted by Gasteiger charge is -2.43. The van der Waals surface area contributed by atoms with Gasteiger partial charge in [-0.2, -0.15) is 0 Å². The highest BCUT2D eigenvalue weighted by molar-refractivity contribution is 5.49. The molecular weight excluding hydrogens is 257 g/mol. The number of morpholine rings is 1. The first-order valence-electron chi connectivity index (χ1n) is 7.13. The monoisotopic (exact) mass is 281 g/mol. The lowest BCUT2D eigenvalue weighted by molar-refractivity contribution is 0.0638. The standard InChI is InChI=1S/C15H24FN3O/c1-11(2)17-8-12-7-13(16)9-18-14(12)19-5-6-20-10-15(19,3)4/h7,9,11,17H,5-6,8,10H2,1-4H3. The van der Waals surface area contributed by atoms with Crippen LogP contribution in [0.25, 0.3) is 0 Å². The number of nitrogens with zero attached hydrogens (tertiary/aromatic N) is 2. The van der Waals surface area contributed by atoms with Crippen LogP contribution in [0, 0.1) is 5.82 Å². The van der Waals surface area contributed by atoms with Crippen molar-refractivity contribution in [2.24, 2.45) is 0 Å². The Morgan fingerprint density at radius 2 is 2.25 bits per heavy atom. The van der Waals surface area contributed by atoms with E-state index in [0.717, 1.165) is 17.9 Å². The van der Waals surface area contributed by atoms with Gasteiger partial charge in [-0.1, -0.05) is 13.8 Å². The number of halogens is 1. The van der Waals surface area contributed by atoms with Crippen LogP contribution in [0.1, 0.15) is 33.3 Å². The van der Waals surface area contributed by atoms with Gasteiger partial charge in [-0.3, -0.25) is 0 Å². The van der Waals surface area contributed by atoms with Gasteiger partial charge in [0.15, 0.2) is 0 Å². The zero-order valence-corrected chi connectivity index (χ0v) is 12.7. The molecule has 1 N–H and O–H groups in total. The topological polar surface area (TPSA) is 37.4 Å². The summed E-state index contributed by atoms with van der Waals surface area (Å²) in [5.41, 5.74) is 0.768. The van der Waals surface area contributed by atoms with E-state index in [1.54, 1.807) is 6.07 Å². The normalized spacial score (nSPS) is 18.6. The highest BCUT2D eigenvalue weighted by Crippen LogP contribution is 2.28. The van der Waals surface area contributed by atoms with Gasteiger partial charge in [-0.25, -0.2) is 9.37 Å². The maximum absolute atomic E-state index is 13.5. The molecule has 0 saturated carbocycles. The molecule has 112 valence electrons. The molecule has 1 fully saturated rings. The molecule has 0 atom stereocenters. The van der Waals surface area contributed by atoms with E-state index in [1.807, 2.05) is 0 Å². The molecule has 2 rings (SSSR count). The van der Waals surface area contributed by atoms with Crippen LogP contribution in [0.4, 0.5) is 10.2 Å². The van der Waals surface area contributed by atoms with Gasteiger partial charge in [0.2, 0.25) is 0 Å². The first-order valence-corrected chi connectivity index (χ1v) is 7.13. The number of anilines is 1. The van der Waals surface area contributed by atoms with Crippen molar-refractivity contribution in [1.29, 1.82) is 0 Å². The van der Waals surface area contributed by atoms with Crippen LogP contribution >= 0.6 is 0 Å². The third-order valence-electron chi connectivity index (χ3n) is 3.51. The van der Waals surface area contributed by atoms with E-state index < -0.39 is 0 Å². The van der Waals surface area contributed by atoms with Crippen molar-refractivity contribution in [2.45, 2.75) is 45.8 Å². The first kappa shape index (κ1) is 15.2. The molecule has 4 nitrogen and oxygen atoms in total. The van der Waals surface area contributed by atoms with Gasteiger partial charge < -0.3 is 15.0 Å². The van der Waals surface area contributed by atoms with Gasteiger partial charge in [0.05, 0.1) is 24.9 Å². The molecule has 0 amide bonds. The van der Waals surface area contributed by atoms with Gasteiger partial charge in [0, 0.05) is 24.7 Å². The zero-order chi connectivity index (χ0) is 14.8. The van der Waals surface area contributed by atoms with E-state index in [-0.39, 0.29) is 11.4 Å². The molecule has 0 aromatic carbocycles. The molecule has 5 heteroatoms. The van der Waals surface area contributed by atoms with E-state index in [0.29, 0.717) is 25.8 Å². The van der Waals surface area contributed by atoms with Gasteiger partial charge in [0.1, 0.15) is 11.6 Å². The van der Waals surface area contributed by atoms with Crippen molar-refractivity contribution in [3.63, 3.8) is 0 Å². The second-order valence-corrected chi connectivity index (χ2v) is 6.19. The van der Waals surface area contributed by atoms with Crippen molar-refractivity contribution in [3.8, 4) is 0 Å². The van der Waals surface area contributed by atoms with Crippen LogP contribution in [-0.2, 0) is 11.3 Å². The van der Waals surface area contributed by atoms with Crippen LogP contribution in [0.3, 0.4) is 0 Å². The average Bonchev–Trinajstić information content (AvgIpc) is 2.37. The lowest BCUT2D eigenvalue weighted by atomic mass is 10.0. The first-order chi connectivity index (χ1) is 9.40. The molecule has 0 bridgehead atoms. The Labute approximate surface area is 120 Å². The summed E-state index contributed by atoms with van der Waals surface area (Å²) < 4.78 is 19.0. The van der Waals surface area contributed by atoms with E-state index in [2.05, 4.69) is 42.9 Å². The minimum absolute atomic E-state index is 0.129. The SMILES string of the molecule is CC(C)NCc1cc(F)cnc1N1CCOCC1(C)C. The quantitative estimate of drug-likeness (QED) is 0.919. The van der Waals surface area contributed by atoms with Crippen molar-refractivity contribution in [2.75, 3.05) is 24.7 Å². The number of aromatic nitrogens is 1. The van der Waals surface area contributed by atoms with E-state index in [4.69, 9.17) is 4.74 Å². The summed E-state index contributed by atoms with van der Waals surface area (Å²) in [6, 6.07) is 1.92. The van der Waals surface area contributed by atoms with Crippen molar-refractivity contribution in [1.82, 2.24) is 10.3 Å². The van der Waals surface area contributed by atoms with E-state index >= 15 is 0 Å². The number of ether oxygens (including phenoxy) is 1. The highest BCUT2D eigenvalue weighted by atomic mass is 19.1. The van der Waals surface area contributed by atoms with E-state index in [1.165, 1.54) is 6.20 Å². The summed E-state index contributed by atoms with van der Waals surface area (Å²) in [4.78, 5) is 6.55. The van der Waals surface area contributed by atoms with E-state index in [9.17, 15) is 4.39 Å². The largest absolute Gasteiger partial charge is 0.377 e. The third-order valence-corrected chi connectivity index (χ3v) is 3.51. The Kier molecular flexibility index (Phi) is 4.60. The molecule has 0 spiro atoms. The molecule has 1 aromatic heterocycles. The van der Waals surface area contributed by atoms with Crippen LogP contribution in [-0.4, -0.2) is 36.3 Å². The highest BCUT2D eigenvalue weighted by Gasteiger charge is 2.32. The Balaban J connectivity index is 2.29. The third kappa shape index (κ3) is 3.46. The van der Waals surface area contributed by atoms with Crippen LogP contribution in [0.15, 0.2) is 12.3 Å². The minimum Gasteiger partial charge on any atom is -0.377 e. The van der Waals surface area contributed by atoms with Crippen molar-refractivity contribution >= 4 is 5.82 Å². The number of rotatable bonds is 4. The Morgan fingerprint density at radius 3 is 2.90 bits per heavy atom. The summed E-state index contributed by atoms with van der Waals surface area (Å²) in [7, 11) is 0. The number of hydrogen-bond acceptors (Lipinski definition) is 4. The smallest absolute Gasteiger partial charge is 0.141 e. The molecule has 2 heterocycles. The van der Waals surface area contributed by atoms with Crippen LogP contribution in [0.2, 0.25) is 0 Å². The maximum Gasteiger partial charge on any atom is 0.141 e.